The number of halogens is 3. The minimum absolute atomic E-state index is 0.0479. The van der Waals surface area contributed by atoms with E-state index in [-0.39, 0.29) is 11.1 Å². The topological polar surface area (TPSA) is 29.5 Å². The summed E-state index contributed by atoms with van der Waals surface area (Å²) in [4.78, 5) is 0. The number of hydrogen-bond acceptors (Lipinski definition) is 2. The van der Waals surface area contributed by atoms with Gasteiger partial charge in [0.05, 0.1) is 19.3 Å². The van der Waals surface area contributed by atoms with E-state index in [1.165, 1.54) is 25.3 Å². The van der Waals surface area contributed by atoms with Crippen molar-refractivity contribution in [1.82, 2.24) is 0 Å². The Bertz CT molecular complexity index is 589. The Morgan fingerprint density at radius 3 is 2.20 bits per heavy atom. The summed E-state index contributed by atoms with van der Waals surface area (Å²) >= 11 is 0. The Morgan fingerprint density at radius 2 is 1.70 bits per heavy atom. The molecule has 2 nitrogen and oxygen atoms in total. The fourth-order valence-corrected chi connectivity index (χ4v) is 2.08. The molecular weight excluding hydrogens is 269 g/mol. The Kier molecular flexibility index (Phi) is 3.99. The van der Waals surface area contributed by atoms with E-state index in [1.54, 1.807) is 24.3 Å². The summed E-state index contributed by atoms with van der Waals surface area (Å²) in [5, 5.41) is 9.12. The molecule has 0 radical (unpaired) electrons. The van der Waals surface area contributed by atoms with Crippen molar-refractivity contribution in [1.29, 1.82) is 0 Å². The average molecular weight is 282 g/mol. The van der Waals surface area contributed by atoms with E-state index in [4.69, 9.17) is 9.84 Å². The van der Waals surface area contributed by atoms with Gasteiger partial charge in [0.1, 0.15) is 5.75 Å². The standard InChI is InChI=1S/C15H13F3O2/c1-20-12-7-5-10(6-8-12)13-4-2-3-11(9-19)14(13)15(16,17)18/h2-8,19H,9H2,1H3. The third-order valence-corrected chi connectivity index (χ3v) is 3.01. The van der Waals surface area contributed by atoms with E-state index in [2.05, 4.69) is 0 Å². The van der Waals surface area contributed by atoms with Crippen LogP contribution >= 0.6 is 0 Å². The van der Waals surface area contributed by atoms with Gasteiger partial charge < -0.3 is 9.84 Å². The lowest BCUT2D eigenvalue weighted by molar-refractivity contribution is -0.138. The smallest absolute Gasteiger partial charge is 0.417 e. The van der Waals surface area contributed by atoms with Crippen molar-refractivity contribution >= 4 is 0 Å². The number of hydrogen-bond donors (Lipinski definition) is 1. The van der Waals surface area contributed by atoms with E-state index >= 15 is 0 Å². The summed E-state index contributed by atoms with van der Waals surface area (Å²) < 4.78 is 44.6. The highest BCUT2D eigenvalue weighted by Crippen LogP contribution is 2.39. The number of alkyl halides is 3. The van der Waals surface area contributed by atoms with Crippen molar-refractivity contribution in [3.63, 3.8) is 0 Å². The minimum Gasteiger partial charge on any atom is -0.497 e. The number of rotatable bonds is 3. The van der Waals surface area contributed by atoms with Gasteiger partial charge in [-0.3, -0.25) is 0 Å². The SMILES string of the molecule is COc1ccc(-c2cccc(CO)c2C(F)(F)F)cc1. The maximum atomic E-state index is 13.2. The number of methoxy groups -OCH3 is 1. The maximum Gasteiger partial charge on any atom is 0.417 e. The summed E-state index contributed by atoms with van der Waals surface area (Å²) in [6.07, 6.45) is -4.52. The Labute approximate surface area is 114 Å². The summed E-state index contributed by atoms with van der Waals surface area (Å²) in [5.74, 6) is 0.570. The van der Waals surface area contributed by atoms with Gasteiger partial charge in [0, 0.05) is 0 Å². The van der Waals surface area contributed by atoms with Crippen LogP contribution in [0.3, 0.4) is 0 Å². The predicted octanol–water partition coefficient (Wildman–Crippen LogP) is 3.87. The van der Waals surface area contributed by atoms with Gasteiger partial charge in [0.15, 0.2) is 0 Å². The Morgan fingerprint density at radius 1 is 1.05 bits per heavy atom. The first-order chi connectivity index (χ1) is 9.47. The molecule has 20 heavy (non-hydrogen) atoms. The molecule has 0 saturated heterocycles. The zero-order valence-electron chi connectivity index (χ0n) is 10.7. The molecule has 0 fully saturated rings. The van der Waals surface area contributed by atoms with Crippen LogP contribution < -0.4 is 4.74 Å². The zero-order chi connectivity index (χ0) is 14.8. The average Bonchev–Trinajstić information content (AvgIpc) is 2.45. The van der Waals surface area contributed by atoms with Gasteiger partial charge in [-0.2, -0.15) is 13.2 Å². The van der Waals surface area contributed by atoms with Crippen molar-refractivity contribution in [2.75, 3.05) is 7.11 Å². The number of aliphatic hydroxyl groups excluding tert-OH is 1. The molecule has 2 rings (SSSR count). The molecule has 0 atom stereocenters. The van der Waals surface area contributed by atoms with Gasteiger partial charge in [-0.1, -0.05) is 30.3 Å². The van der Waals surface area contributed by atoms with Crippen LogP contribution in [0.15, 0.2) is 42.5 Å². The normalized spacial score (nSPS) is 11.4. The molecule has 0 aliphatic rings. The monoisotopic (exact) mass is 282 g/mol. The van der Waals surface area contributed by atoms with Crippen molar-refractivity contribution < 1.29 is 23.0 Å². The first-order valence-corrected chi connectivity index (χ1v) is 5.91. The van der Waals surface area contributed by atoms with Crippen LogP contribution in [-0.4, -0.2) is 12.2 Å². The van der Waals surface area contributed by atoms with E-state index < -0.39 is 18.3 Å². The highest BCUT2D eigenvalue weighted by atomic mass is 19.4. The molecule has 0 unspecified atom stereocenters. The first-order valence-electron chi connectivity index (χ1n) is 5.91. The maximum absolute atomic E-state index is 13.2. The van der Waals surface area contributed by atoms with Crippen LogP contribution in [0.2, 0.25) is 0 Å². The molecule has 1 N–H and O–H groups in total. The van der Waals surface area contributed by atoms with Crippen LogP contribution in [0, 0.1) is 0 Å². The number of aliphatic hydroxyl groups is 1. The number of benzene rings is 2. The zero-order valence-corrected chi connectivity index (χ0v) is 10.7. The minimum atomic E-state index is -4.52. The summed E-state index contributed by atoms with van der Waals surface area (Å²) in [6, 6.07) is 10.5. The van der Waals surface area contributed by atoms with Gasteiger partial charge in [0.2, 0.25) is 0 Å². The molecule has 0 spiro atoms. The second-order valence-electron chi connectivity index (χ2n) is 4.22. The first kappa shape index (κ1) is 14.4. The summed E-state index contributed by atoms with van der Waals surface area (Å²) in [7, 11) is 1.49. The molecule has 0 amide bonds. The fourth-order valence-electron chi connectivity index (χ4n) is 2.08. The highest BCUT2D eigenvalue weighted by molar-refractivity contribution is 5.70. The lowest BCUT2D eigenvalue weighted by Gasteiger charge is -2.16. The van der Waals surface area contributed by atoms with Crippen molar-refractivity contribution in [2.45, 2.75) is 12.8 Å². The Balaban J connectivity index is 2.60. The van der Waals surface area contributed by atoms with Gasteiger partial charge in [-0.15, -0.1) is 0 Å². The third-order valence-electron chi connectivity index (χ3n) is 3.01. The second kappa shape index (κ2) is 5.54. The van der Waals surface area contributed by atoms with E-state index in [0.717, 1.165) is 0 Å². The van der Waals surface area contributed by atoms with Gasteiger partial charge in [-0.25, -0.2) is 0 Å². The molecule has 0 heterocycles. The number of ether oxygens (including phenoxy) is 1. The van der Waals surface area contributed by atoms with E-state index in [1.807, 2.05) is 0 Å². The van der Waals surface area contributed by atoms with Crippen LogP contribution in [0.25, 0.3) is 11.1 Å². The summed E-state index contributed by atoms with van der Waals surface area (Å²) in [5.41, 5.74) is -0.460. The molecule has 2 aromatic rings. The lowest BCUT2D eigenvalue weighted by Crippen LogP contribution is -2.11. The van der Waals surface area contributed by atoms with E-state index in [9.17, 15) is 13.2 Å². The van der Waals surface area contributed by atoms with Crippen LogP contribution in [0.4, 0.5) is 13.2 Å². The molecule has 0 aliphatic heterocycles. The van der Waals surface area contributed by atoms with Crippen molar-refractivity contribution in [3.8, 4) is 16.9 Å². The van der Waals surface area contributed by atoms with Crippen LogP contribution in [0.5, 0.6) is 5.75 Å². The molecule has 0 saturated carbocycles. The largest absolute Gasteiger partial charge is 0.497 e. The molecule has 5 heteroatoms. The van der Waals surface area contributed by atoms with Crippen LogP contribution in [0.1, 0.15) is 11.1 Å². The highest BCUT2D eigenvalue weighted by Gasteiger charge is 2.36. The third kappa shape index (κ3) is 2.77. The summed E-state index contributed by atoms with van der Waals surface area (Å²) in [6.45, 7) is -0.654. The molecule has 0 aliphatic carbocycles. The molecular formula is C15H13F3O2. The van der Waals surface area contributed by atoms with E-state index in [0.29, 0.717) is 11.3 Å². The van der Waals surface area contributed by atoms with Crippen molar-refractivity contribution in [3.05, 3.63) is 53.6 Å². The van der Waals surface area contributed by atoms with Gasteiger partial charge in [-0.05, 0) is 28.8 Å². The molecule has 2 aromatic carbocycles. The van der Waals surface area contributed by atoms with Crippen LogP contribution in [-0.2, 0) is 12.8 Å². The predicted molar refractivity (Wildman–Crippen MR) is 69.4 cm³/mol. The molecule has 0 aromatic heterocycles. The fraction of sp³-hybridized carbons (Fsp3) is 0.200. The second-order valence-corrected chi connectivity index (χ2v) is 4.22. The molecule has 106 valence electrons. The lowest BCUT2D eigenvalue weighted by atomic mass is 9.95. The van der Waals surface area contributed by atoms with Crippen molar-refractivity contribution in [2.24, 2.45) is 0 Å². The Hall–Kier alpha value is -2.01. The van der Waals surface area contributed by atoms with Gasteiger partial charge in [0.25, 0.3) is 0 Å². The molecule has 0 bridgehead atoms. The quantitative estimate of drug-likeness (QED) is 0.926. The van der Waals surface area contributed by atoms with Gasteiger partial charge >= 0.3 is 6.18 Å².